The Morgan fingerprint density at radius 3 is 1.60 bits per heavy atom. The van der Waals surface area contributed by atoms with Crippen LogP contribution in [0.15, 0.2) is 112 Å². The summed E-state index contributed by atoms with van der Waals surface area (Å²) in [4.78, 5) is 13.7. The van der Waals surface area contributed by atoms with Crippen LogP contribution in [0.1, 0.15) is 175 Å². The standard InChI is InChI=1S/C56H74O6/c1-9-11-13-15-17-19-21-23-33-59-45-29-25-43(26-30-45)49-37-41(39-51(61-49)55(3,4)5)35-47-53(57)48(54(47)58)36-42-38-50(62-52(40-42)56(6,7)8)44-27-31-46(32-28-44)60-34-24-22-20-18-16-14-12-10-2/h25-32,35-40H,9-24,33-34H2,1-8H3. The predicted octanol–water partition coefficient (Wildman–Crippen LogP) is 15.1. The molecular formula is C56H74O6. The molecule has 0 radical (unpaired) electrons. The molecule has 0 spiro atoms. The van der Waals surface area contributed by atoms with Gasteiger partial charge in [0.25, 0.3) is 0 Å². The van der Waals surface area contributed by atoms with Gasteiger partial charge < -0.3 is 19.3 Å². The number of Topliss-reactive ketones (excluding diaryl/α,β-unsaturated/α-hetero) is 1. The fraction of sp³-hybridized carbons (Fsp3) is 0.500. The SMILES string of the molecule is CCCCCCCCCCOc1ccc(C2=CC(=CC3=C([O-])C(=Cc4cc(-c5ccc(OCCCCCCCCCC)cc5)[o+]c(C(C)(C)C)c4)C3=O)C=C(C(C)(C)C)O2)cc1. The summed E-state index contributed by atoms with van der Waals surface area (Å²) >= 11 is 0. The van der Waals surface area contributed by atoms with Crippen molar-refractivity contribution in [1.29, 1.82) is 0 Å². The lowest BCUT2D eigenvalue weighted by atomic mass is 9.84. The molecule has 0 unspecified atom stereocenters. The third-order valence-corrected chi connectivity index (χ3v) is 11.5. The minimum atomic E-state index is -0.303. The summed E-state index contributed by atoms with van der Waals surface area (Å²) in [6, 6.07) is 19.7. The van der Waals surface area contributed by atoms with Crippen molar-refractivity contribution in [2.75, 3.05) is 13.2 Å². The van der Waals surface area contributed by atoms with Gasteiger partial charge in [0.1, 0.15) is 23.0 Å². The van der Waals surface area contributed by atoms with Gasteiger partial charge in [0.15, 0.2) is 5.78 Å². The van der Waals surface area contributed by atoms with Gasteiger partial charge in [-0.2, -0.15) is 0 Å². The first-order valence-electron chi connectivity index (χ1n) is 23.7. The molecule has 5 rings (SSSR count). The Balaban J connectivity index is 1.27. The van der Waals surface area contributed by atoms with Gasteiger partial charge in [-0.1, -0.05) is 130 Å². The highest BCUT2D eigenvalue weighted by atomic mass is 16.5. The van der Waals surface area contributed by atoms with Crippen molar-refractivity contribution in [3.05, 3.63) is 124 Å². The van der Waals surface area contributed by atoms with E-state index in [9.17, 15) is 9.90 Å². The molecular weight excluding hydrogens is 769 g/mol. The van der Waals surface area contributed by atoms with E-state index in [-0.39, 0.29) is 33.5 Å². The molecule has 334 valence electrons. The Morgan fingerprint density at radius 2 is 1.11 bits per heavy atom. The minimum absolute atomic E-state index is 0.164. The number of benzene rings is 2. The van der Waals surface area contributed by atoms with Gasteiger partial charge >= 0.3 is 11.5 Å². The molecule has 2 heterocycles. The molecule has 6 heteroatoms. The lowest BCUT2D eigenvalue weighted by Gasteiger charge is -2.30. The topological polar surface area (TPSA) is 79.1 Å². The number of carbonyl (C=O) groups excluding carboxylic acids is 1. The number of carbonyl (C=O) groups is 1. The number of ether oxygens (including phenoxy) is 3. The van der Waals surface area contributed by atoms with Gasteiger partial charge in [0.05, 0.1) is 30.3 Å². The molecule has 1 aromatic heterocycles. The third-order valence-electron chi connectivity index (χ3n) is 11.5. The van der Waals surface area contributed by atoms with Crippen molar-refractivity contribution in [1.82, 2.24) is 0 Å². The molecule has 0 amide bonds. The van der Waals surface area contributed by atoms with Gasteiger partial charge in [0, 0.05) is 28.2 Å². The maximum absolute atomic E-state index is 13.7. The minimum Gasteiger partial charge on any atom is -0.871 e. The molecule has 0 atom stereocenters. The Bertz CT molecular complexity index is 2060. The summed E-state index contributed by atoms with van der Waals surface area (Å²) < 4.78 is 25.0. The maximum atomic E-state index is 13.7. The summed E-state index contributed by atoms with van der Waals surface area (Å²) in [6.45, 7) is 18.4. The zero-order valence-electron chi connectivity index (χ0n) is 39.3. The number of hydrogen-bond acceptors (Lipinski definition) is 5. The highest BCUT2D eigenvalue weighted by Crippen LogP contribution is 2.39. The summed E-state index contributed by atoms with van der Waals surface area (Å²) in [5.74, 6) is 3.94. The second-order valence-corrected chi connectivity index (χ2v) is 19.2. The Hall–Kier alpha value is -4.84. The van der Waals surface area contributed by atoms with Crippen LogP contribution < -0.4 is 14.6 Å². The van der Waals surface area contributed by atoms with E-state index in [1.165, 1.54) is 89.9 Å². The Kier molecular flexibility index (Phi) is 18.3. The molecule has 2 aliphatic rings. The van der Waals surface area contributed by atoms with Crippen molar-refractivity contribution in [2.45, 2.75) is 164 Å². The molecule has 1 aliphatic carbocycles. The predicted molar refractivity (Wildman–Crippen MR) is 255 cm³/mol. The van der Waals surface area contributed by atoms with E-state index in [1.807, 2.05) is 72.8 Å². The average molecular weight is 843 g/mol. The van der Waals surface area contributed by atoms with E-state index in [4.69, 9.17) is 18.6 Å². The van der Waals surface area contributed by atoms with Crippen LogP contribution in [0, 0.1) is 5.41 Å². The fourth-order valence-corrected chi connectivity index (χ4v) is 7.55. The summed E-state index contributed by atoms with van der Waals surface area (Å²) in [6.07, 6.45) is 27.4. The highest BCUT2D eigenvalue weighted by molar-refractivity contribution is 6.23. The van der Waals surface area contributed by atoms with Gasteiger partial charge in [-0.15, -0.1) is 0 Å². The molecule has 6 nitrogen and oxygen atoms in total. The quantitative estimate of drug-likeness (QED) is 0.0508. The monoisotopic (exact) mass is 843 g/mol. The van der Waals surface area contributed by atoms with E-state index >= 15 is 0 Å². The summed E-state index contributed by atoms with van der Waals surface area (Å²) in [7, 11) is 0. The molecule has 0 saturated heterocycles. The second-order valence-electron chi connectivity index (χ2n) is 19.2. The summed E-state index contributed by atoms with van der Waals surface area (Å²) in [5, 5.41) is 13.7. The van der Waals surface area contributed by atoms with Crippen LogP contribution in [0.25, 0.3) is 23.2 Å². The van der Waals surface area contributed by atoms with Crippen LogP contribution in [-0.4, -0.2) is 19.0 Å². The molecule has 1 aliphatic heterocycles. The van der Waals surface area contributed by atoms with Gasteiger partial charge in [0.2, 0.25) is 0 Å². The first kappa shape index (κ1) is 48.2. The Labute approximate surface area is 373 Å². The lowest BCUT2D eigenvalue weighted by molar-refractivity contribution is -0.300. The Morgan fingerprint density at radius 1 is 0.613 bits per heavy atom. The normalized spacial score (nSPS) is 15.7. The smallest absolute Gasteiger partial charge is 0.360 e. The van der Waals surface area contributed by atoms with Crippen LogP contribution in [0.4, 0.5) is 0 Å². The van der Waals surface area contributed by atoms with Crippen LogP contribution in [0.5, 0.6) is 11.5 Å². The molecule has 0 saturated carbocycles. The van der Waals surface area contributed by atoms with Crippen molar-refractivity contribution in [3.63, 3.8) is 0 Å². The van der Waals surface area contributed by atoms with Crippen molar-refractivity contribution < 1.29 is 28.5 Å². The third kappa shape index (κ3) is 14.6. The fourth-order valence-electron chi connectivity index (χ4n) is 7.55. The number of hydrogen-bond donors (Lipinski definition) is 0. The van der Waals surface area contributed by atoms with Gasteiger partial charge in [-0.3, -0.25) is 4.79 Å². The van der Waals surface area contributed by atoms with Crippen LogP contribution >= 0.6 is 0 Å². The van der Waals surface area contributed by atoms with E-state index in [0.717, 1.165) is 58.1 Å². The first-order chi connectivity index (χ1) is 29.8. The number of ketones is 1. The number of unbranched alkanes of at least 4 members (excludes halogenated alkanes) is 14. The molecule has 3 aromatic rings. The van der Waals surface area contributed by atoms with Gasteiger partial charge in [-0.25, -0.2) is 4.42 Å². The first-order valence-corrected chi connectivity index (χ1v) is 23.7. The highest BCUT2D eigenvalue weighted by Gasteiger charge is 2.32. The molecule has 2 aromatic carbocycles. The lowest BCUT2D eigenvalue weighted by Crippen LogP contribution is -2.29. The van der Waals surface area contributed by atoms with E-state index in [0.29, 0.717) is 24.7 Å². The van der Waals surface area contributed by atoms with Crippen molar-refractivity contribution in [2.24, 2.45) is 5.41 Å². The average Bonchev–Trinajstić information content (AvgIpc) is 3.25. The second kappa shape index (κ2) is 23.6. The maximum Gasteiger partial charge on any atom is 0.360 e. The van der Waals surface area contributed by atoms with Crippen molar-refractivity contribution >= 4 is 17.6 Å². The van der Waals surface area contributed by atoms with E-state index < -0.39 is 0 Å². The molecule has 0 bridgehead atoms. The van der Waals surface area contributed by atoms with Crippen LogP contribution in [-0.2, 0) is 14.9 Å². The molecule has 0 N–H and O–H groups in total. The van der Waals surface area contributed by atoms with Crippen LogP contribution in [0.2, 0.25) is 0 Å². The number of allylic oxidation sites excluding steroid dienone is 7. The number of rotatable bonds is 24. The van der Waals surface area contributed by atoms with Gasteiger partial charge in [-0.05, 0) is 118 Å². The van der Waals surface area contributed by atoms with E-state index in [1.54, 1.807) is 12.2 Å². The van der Waals surface area contributed by atoms with Crippen LogP contribution in [0.3, 0.4) is 0 Å². The van der Waals surface area contributed by atoms with E-state index in [2.05, 4.69) is 55.4 Å². The molecule has 62 heavy (non-hydrogen) atoms. The zero-order chi connectivity index (χ0) is 44.5. The largest absolute Gasteiger partial charge is 0.871 e. The zero-order valence-corrected chi connectivity index (χ0v) is 39.3. The van der Waals surface area contributed by atoms with Crippen molar-refractivity contribution in [3.8, 4) is 22.8 Å². The molecule has 0 fully saturated rings. The summed E-state index contributed by atoms with van der Waals surface area (Å²) in [5.41, 5.74) is 2.98.